The van der Waals surface area contributed by atoms with E-state index < -0.39 is 0 Å². The van der Waals surface area contributed by atoms with E-state index >= 15 is 0 Å². The van der Waals surface area contributed by atoms with Crippen LogP contribution in [-0.2, 0) is 0 Å². The lowest BCUT2D eigenvalue weighted by atomic mass is 10.2. The molecule has 1 aliphatic heterocycles. The van der Waals surface area contributed by atoms with Crippen LogP contribution in [0.3, 0.4) is 0 Å². The van der Waals surface area contributed by atoms with Crippen LogP contribution in [0.4, 0.5) is 5.69 Å². The fraction of sp³-hybridized carbons (Fsp3) is 0.455. The fourth-order valence-electron chi connectivity index (χ4n) is 1.93. The summed E-state index contributed by atoms with van der Waals surface area (Å²) in [6.45, 7) is 4.46. The maximum Gasteiger partial charge on any atom is 0.0568 e. The Hall–Kier alpha value is -0.210. The first-order valence-electron chi connectivity index (χ1n) is 4.89. The van der Waals surface area contributed by atoms with Gasteiger partial charge in [0.05, 0.1) is 5.02 Å². The second-order valence-corrected chi connectivity index (χ2v) is 5.01. The summed E-state index contributed by atoms with van der Waals surface area (Å²) in [5.74, 6) is 0. The summed E-state index contributed by atoms with van der Waals surface area (Å²) < 4.78 is 0.986. The minimum atomic E-state index is 0.803. The fourth-order valence-corrected chi connectivity index (χ4v) is 2.55. The molecule has 0 bridgehead atoms. The minimum absolute atomic E-state index is 0.803. The second kappa shape index (κ2) is 4.11. The number of hydrogen-bond donors (Lipinski definition) is 0. The van der Waals surface area contributed by atoms with Gasteiger partial charge in [-0.05, 0) is 53.4 Å². The SMILES string of the molecule is Cc1cc(Br)c(Cl)cc1N1CCCC1. The van der Waals surface area contributed by atoms with Gasteiger partial charge in [-0.1, -0.05) is 11.6 Å². The lowest BCUT2D eigenvalue weighted by Gasteiger charge is -2.20. The summed E-state index contributed by atoms with van der Waals surface area (Å²) in [5, 5.41) is 0.803. The summed E-state index contributed by atoms with van der Waals surface area (Å²) >= 11 is 9.53. The quantitative estimate of drug-likeness (QED) is 0.748. The summed E-state index contributed by atoms with van der Waals surface area (Å²) in [6.07, 6.45) is 2.60. The van der Waals surface area contributed by atoms with Crippen LogP contribution in [0.1, 0.15) is 18.4 Å². The third-order valence-corrected chi connectivity index (χ3v) is 3.88. The first kappa shape index (κ1) is 10.3. The first-order chi connectivity index (χ1) is 6.68. The Kier molecular flexibility index (Phi) is 3.03. The molecule has 0 aromatic heterocycles. The zero-order valence-corrected chi connectivity index (χ0v) is 10.5. The number of hydrogen-bond acceptors (Lipinski definition) is 1. The zero-order chi connectivity index (χ0) is 10.1. The number of nitrogens with zero attached hydrogens (tertiary/aromatic N) is 1. The molecule has 0 radical (unpaired) electrons. The molecule has 0 aliphatic carbocycles. The molecular weight excluding hydrogens is 261 g/mol. The third-order valence-electron chi connectivity index (χ3n) is 2.69. The predicted octanol–water partition coefficient (Wildman–Crippen LogP) is 4.01. The van der Waals surface area contributed by atoms with Crippen LogP contribution in [0.2, 0.25) is 5.02 Å². The Labute approximate surface area is 98.2 Å². The number of anilines is 1. The van der Waals surface area contributed by atoms with Gasteiger partial charge >= 0.3 is 0 Å². The average Bonchev–Trinajstić information content (AvgIpc) is 2.64. The molecule has 0 amide bonds. The number of halogens is 2. The molecule has 2 rings (SSSR count). The second-order valence-electron chi connectivity index (χ2n) is 3.75. The molecule has 1 aromatic rings. The maximum absolute atomic E-state index is 6.09. The van der Waals surface area contributed by atoms with Gasteiger partial charge in [-0.25, -0.2) is 0 Å². The molecule has 0 unspecified atom stereocenters. The molecule has 1 fully saturated rings. The highest BCUT2D eigenvalue weighted by Crippen LogP contribution is 2.32. The van der Waals surface area contributed by atoms with E-state index in [1.165, 1.54) is 37.2 Å². The minimum Gasteiger partial charge on any atom is -0.371 e. The number of aryl methyl sites for hydroxylation is 1. The van der Waals surface area contributed by atoms with Crippen LogP contribution in [0.15, 0.2) is 16.6 Å². The van der Waals surface area contributed by atoms with Gasteiger partial charge in [-0.3, -0.25) is 0 Å². The van der Waals surface area contributed by atoms with E-state index in [0.717, 1.165) is 9.50 Å². The van der Waals surface area contributed by atoms with Gasteiger partial charge in [0.2, 0.25) is 0 Å². The van der Waals surface area contributed by atoms with Crippen LogP contribution < -0.4 is 4.90 Å². The Morgan fingerprint density at radius 1 is 1.29 bits per heavy atom. The van der Waals surface area contributed by atoms with Crippen LogP contribution >= 0.6 is 27.5 Å². The molecule has 1 heterocycles. The summed E-state index contributed by atoms with van der Waals surface area (Å²) in [5.41, 5.74) is 2.58. The van der Waals surface area contributed by atoms with Crippen LogP contribution in [0.25, 0.3) is 0 Å². The van der Waals surface area contributed by atoms with Gasteiger partial charge in [0.1, 0.15) is 0 Å². The Balaban J connectivity index is 2.37. The van der Waals surface area contributed by atoms with Crippen molar-refractivity contribution >= 4 is 33.2 Å². The molecule has 0 saturated carbocycles. The van der Waals surface area contributed by atoms with Crippen molar-refractivity contribution in [2.75, 3.05) is 18.0 Å². The molecule has 0 atom stereocenters. The predicted molar refractivity (Wildman–Crippen MR) is 65.3 cm³/mol. The lowest BCUT2D eigenvalue weighted by molar-refractivity contribution is 0.949. The highest BCUT2D eigenvalue weighted by atomic mass is 79.9. The van der Waals surface area contributed by atoms with Gasteiger partial charge in [0.25, 0.3) is 0 Å². The topological polar surface area (TPSA) is 3.24 Å². The third kappa shape index (κ3) is 1.91. The monoisotopic (exact) mass is 273 g/mol. The molecule has 1 aromatic carbocycles. The molecule has 1 nitrogen and oxygen atoms in total. The molecule has 0 spiro atoms. The van der Waals surface area contributed by atoms with E-state index in [1.807, 2.05) is 0 Å². The number of benzene rings is 1. The van der Waals surface area contributed by atoms with E-state index in [4.69, 9.17) is 11.6 Å². The normalized spacial score (nSPS) is 16.4. The van der Waals surface area contributed by atoms with Gasteiger partial charge in [-0.15, -0.1) is 0 Å². The molecule has 76 valence electrons. The summed E-state index contributed by atoms with van der Waals surface area (Å²) in [6, 6.07) is 4.16. The van der Waals surface area contributed by atoms with Crippen LogP contribution in [0.5, 0.6) is 0 Å². The number of rotatable bonds is 1. The van der Waals surface area contributed by atoms with Gasteiger partial charge < -0.3 is 4.90 Å². The molecule has 1 aliphatic rings. The zero-order valence-electron chi connectivity index (χ0n) is 8.19. The van der Waals surface area contributed by atoms with Gasteiger partial charge in [0.15, 0.2) is 0 Å². The van der Waals surface area contributed by atoms with E-state index in [-0.39, 0.29) is 0 Å². The van der Waals surface area contributed by atoms with Crippen LogP contribution in [-0.4, -0.2) is 13.1 Å². The Morgan fingerprint density at radius 2 is 1.93 bits per heavy atom. The van der Waals surface area contributed by atoms with Crippen molar-refractivity contribution in [1.29, 1.82) is 0 Å². The van der Waals surface area contributed by atoms with Gasteiger partial charge in [-0.2, -0.15) is 0 Å². The summed E-state index contributed by atoms with van der Waals surface area (Å²) in [7, 11) is 0. The highest BCUT2D eigenvalue weighted by molar-refractivity contribution is 9.10. The van der Waals surface area contributed by atoms with E-state index in [0.29, 0.717) is 0 Å². The molecule has 3 heteroatoms. The average molecular weight is 275 g/mol. The lowest BCUT2D eigenvalue weighted by Crippen LogP contribution is -2.18. The van der Waals surface area contributed by atoms with Crippen molar-refractivity contribution < 1.29 is 0 Å². The van der Waals surface area contributed by atoms with Crippen molar-refractivity contribution in [2.24, 2.45) is 0 Å². The Morgan fingerprint density at radius 3 is 2.57 bits per heavy atom. The van der Waals surface area contributed by atoms with Crippen molar-refractivity contribution in [3.8, 4) is 0 Å². The van der Waals surface area contributed by atoms with Crippen molar-refractivity contribution in [3.63, 3.8) is 0 Å². The highest BCUT2D eigenvalue weighted by Gasteiger charge is 2.15. The van der Waals surface area contributed by atoms with E-state index in [2.05, 4.69) is 39.9 Å². The van der Waals surface area contributed by atoms with Gasteiger partial charge in [0, 0.05) is 23.2 Å². The smallest absolute Gasteiger partial charge is 0.0568 e. The van der Waals surface area contributed by atoms with Crippen molar-refractivity contribution in [2.45, 2.75) is 19.8 Å². The standard InChI is InChI=1S/C11H13BrClN/c1-8-6-9(12)10(13)7-11(8)14-4-2-3-5-14/h6-7H,2-5H2,1H3. The molecular formula is C11H13BrClN. The van der Waals surface area contributed by atoms with Crippen molar-refractivity contribution in [1.82, 2.24) is 0 Å². The largest absolute Gasteiger partial charge is 0.371 e. The molecule has 0 N–H and O–H groups in total. The Bertz CT molecular complexity index is 345. The first-order valence-corrected chi connectivity index (χ1v) is 6.06. The van der Waals surface area contributed by atoms with E-state index in [1.54, 1.807) is 0 Å². The summed E-state index contributed by atoms with van der Waals surface area (Å²) in [4.78, 5) is 2.41. The maximum atomic E-state index is 6.09. The van der Waals surface area contributed by atoms with Crippen LogP contribution in [0, 0.1) is 6.92 Å². The van der Waals surface area contributed by atoms with E-state index in [9.17, 15) is 0 Å². The molecule has 1 saturated heterocycles. The molecule has 14 heavy (non-hydrogen) atoms. The van der Waals surface area contributed by atoms with Crippen molar-refractivity contribution in [3.05, 3.63) is 27.2 Å².